The lowest BCUT2D eigenvalue weighted by Gasteiger charge is -2.09. The van der Waals surface area contributed by atoms with Crippen LogP contribution in [-0.4, -0.2) is 27.1 Å². The lowest BCUT2D eigenvalue weighted by Crippen LogP contribution is -2.25. The molecule has 134 valence electrons. The maximum Gasteiger partial charge on any atom is 0.252 e. The van der Waals surface area contributed by atoms with Gasteiger partial charge in [0.25, 0.3) is 5.91 Å². The smallest absolute Gasteiger partial charge is 0.252 e. The minimum absolute atomic E-state index is 0.157. The second-order valence-electron chi connectivity index (χ2n) is 5.55. The molecule has 0 aliphatic carbocycles. The molecule has 2 N–H and O–H groups in total. The van der Waals surface area contributed by atoms with E-state index < -0.39 is 10.0 Å². The van der Waals surface area contributed by atoms with Crippen molar-refractivity contribution in [2.24, 2.45) is 0 Å². The van der Waals surface area contributed by atoms with Crippen LogP contribution in [0.3, 0.4) is 0 Å². The van der Waals surface area contributed by atoms with Gasteiger partial charge in [0.2, 0.25) is 10.0 Å². The molecule has 0 spiro atoms. The van der Waals surface area contributed by atoms with Gasteiger partial charge < -0.3 is 5.32 Å². The number of benzene rings is 2. The molecule has 0 aromatic heterocycles. The minimum Gasteiger partial charge on any atom is -0.352 e. The maximum atomic E-state index is 12.8. The number of hydrogen-bond acceptors (Lipinski definition) is 3. The van der Waals surface area contributed by atoms with E-state index in [4.69, 9.17) is 11.6 Å². The molecule has 0 aliphatic rings. The van der Waals surface area contributed by atoms with E-state index in [2.05, 4.69) is 10.0 Å². The Morgan fingerprint density at radius 3 is 2.44 bits per heavy atom. The highest BCUT2D eigenvalue weighted by Gasteiger charge is 2.11. The topological polar surface area (TPSA) is 75.3 Å². The Bertz CT molecular complexity index is 855. The van der Waals surface area contributed by atoms with Crippen LogP contribution in [0.4, 0.5) is 10.1 Å². The molecule has 2 aromatic rings. The van der Waals surface area contributed by atoms with Crippen LogP contribution in [0.15, 0.2) is 42.5 Å². The SMILES string of the molecule is CS(=O)(=O)Nc1ccc(C(=O)NCCCc2ccc(F)cc2)c(Cl)c1. The fourth-order valence-electron chi connectivity index (χ4n) is 2.22. The van der Waals surface area contributed by atoms with Crippen molar-refractivity contribution in [3.8, 4) is 0 Å². The van der Waals surface area contributed by atoms with E-state index in [1.165, 1.54) is 30.3 Å². The van der Waals surface area contributed by atoms with Crippen molar-refractivity contribution >= 4 is 33.2 Å². The molecule has 0 heterocycles. The molecule has 8 heteroatoms. The summed E-state index contributed by atoms with van der Waals surface area (Å²) >= 11 is 6.05. The zero-order chi connectivity index (χ0) is 18.4. The van der Waals surface area contributed by atoms with Gasteiger partial charge in [0.1, 0.15) is 5.82 Å². The third kappa shape index (κ3) is 6.36. The number of aryl methyl sites for hydroxylation is 1. The molecule has 5 nitrogen and oxygen atoms in total. The van der Waals surface area contributed by atoms with Gasteiger partial charge in [-0.05, 0) is 48.7 Å². The number of amides is 1. The van der Waals surface area contributed by atoms with E-state index in [-0.39, 0.29) is 22.3 Å². The first-order valence-corrected chi connectivity index (χ1v) is 9.81. The molecule has 2 rings (SSSR count). The predicted octanol–water partition coefficient (Wildman–Crippen LogP) is 3.21. The van der Waals surface area contributed by atoms with Crippen LogP contribution < -0.4 is 10.0 Å². The van der Waals surface area contributed by atoms with Crippen molar-refractivity contribution in [3.05, 3.63) is 64.4 Å². The number of rotatable bonds is 7. The van der Waals surface area contributed by atoms with Gasteiger partial charge in [0.05, 0.1) is 16.8 Å². The molecule has 0 unspecified atom stereocenters. The number of hydrogen-bond donors (Lipinski definition) is 2. The fraction of sp³-hybridized carbons (Fsp3) is 0.235. The van der Waals surface area contributed by atoms with Gasteiger partial charge in [-0.2, -0.15) is 0 Å². The van der Waals surface area contributed by atoms with Crippen LogP contribution in [0.25, 0.3) is 0 Å². The van der Waals surface area contributed by atoms with Crippen LogP contribution in [0, 0.1) is 5.82 Å². The number of halogens is 2. The highest BCUT2D eigenvalue weighted by Crippen LogP contribution is 2.21. The van der Waals surface area contributed by atoms with Gasteiger partial charge in [0, 0.05) is 12.2 Å². The molecular weight excluding hydrogens is 367 g/mol. The standard InChI is InChI=1S/C17H18ClFN2O3S/c1-25(23,24)21-14-8-9-15(16(18)11-14)17(22)20-10-2-3-12-4-6-13(19)7-5-12/h4-9,11,21H,2-3,10H2,1H3,(H,20,22). The first kappa shape index (κ1) is 19.2. The Kier molecular flexibility index (Phi) is 6.39. The normalized spacial score (nSPS) is 11.2. The van der Waals surface area contributed by atoms with E-state index >= 15 is 0 Å². The van der Waals surface area contributed by atoms with Crippen molar-refractivity contribution in [2.75, 3.05) is 17.5 Å². The highest BCUT2D eigenvalue weighted by molar-refractivity contribution is 7.92. The first-order chi connectivity index (χ1) is 11.7. The molecule has 0 radical (unpaired) electrons. The number of nitrogens with one attached hydrogen (secondary N) is 2. The summed E-state index contributed by atoms with van der Waals surface area (Å²) in [6.07, 6.45) is 2.44. The van der Waals surface area contributed by atoms with Gasteiger partial charge in [0.15, 0.2) is 0 Å². The molecule has 0 saturated carbocycles. The summed E-state index contributed by atoms with van der Waals surface area (Å²) in [5, 5.41) is 2.91. The van der Waals surface area contributed by atoms with Crippen molar-refractivity contribution in [1.82, 2.24) is 5.32 Å². The zero-order valence-corrected chi connectivity index (χ0v) is 15.1. The third-order valence-corrected chi connectivity index (χ3v) is 4.28. The van der Waals surface area contributed by atoms with Crippen molar-refractivity contribution in [2.45, 2.75) is 12.8 Å². The third-order valence-electron chi connectivity index (χ3n) is 3.36. The van der Waals surface area contributed by atoms with Crippen LogP contribution in [0.5, 0.6) is 0 Å². The Labute approximate surface area is 151 Å². The molecule has 2 aromatic carbocycles. The van der Waals surface area contributed by atoms with Crippen molar-refractivity contribution < 1.29 is 17.6 Å². The quantitative estimate of drug-likeness (QED) is 0.720. The molecule has 0 atom stereocenters. The maximum absolute atomic E-state index is 12.8. The van der Waals surface area contributed by atoms with E-state index in [0.717, 1.165) is 11.8 Å². The van der Waals surface area contributed by atoms with Gasteiger partial charge in [-0.25, -0.2) is 12.8 Å². The van der Waals surface area contributed by atoms with Crippen LogP contribution in [0.2, 0.25) is 5.02 Å². The van der Waals surface area contributed by atoms with Crippen LogP contribution in [0.1, 0.15) is 22.3 Å². The number of carbonyl (C=O) groups is 1. The van der Waals surface area contributed by atoms with Gasteiger partial charge in [-0.1, -0.05) is 23.7 Å². The van der Waals surface area contributed by atoms with E-state index in [1.54, 1.807) is 12.1 Å². The van der Waals surface area contributed by atoms with E-state index in [1.807, 2.05) is 0 Å². The lowest BCUT2D eigenvalue weighted by atomic mass is 10.1. The summed E-state index contributed by atoms with van der Waals surface area (Å²) in [5.41, 5.74) is 1.55. The molecule has 0 bridgehead atoms. The largest absolute Gasteiger partial charge is 0.352 e. The molecule has 1 amide bonds. The van der Waals surface area contributed by atoms with Crippen LogP contribution >= 0.6 is 11.6 Å². The Balaban J connectivity index is 1.87. The van der Waals surface area contributed by atoms with Gasteiger partial charge >= 0.3 is 0 Å². The second kappa shape index (κ2) is 8.31. The average molecular weight is 385 g/mol. The molecular formula is C17H18ClFN2O3S. The second-order valence-corrected chi connectivity index (χ2v) is 7.71. The zero-order valence-electron chi connectivity index (χ0n) is 13.6. The summed E-state index contributed by atoms with van der Waals surface area (Å²) in [5.74, 6) is -0.615. The summed E-state index contributed by atoms with van der Waals surface area (Å²) in [7, 11) is -3.41. The predicted molar refractivity (Wildman–Crippen MR) is 97.0 cm³/mol. The van der Waals surface area contributed by atoms with Crippen LogP contribution in [-0.2, 0) is 16.4 Å². The Morgan fingerprint density at radius 2 is 1.84 bits per heavy atom. The summed E-state index contributed by atoms with van der Waals surface area (Å²) in [4.78, 5) is 12.1. The van der Waals surface area contributed by atoms with Crippen molar-refractivity contribution in [3.63, 3.8) is 0 Å². The molecule has 25 heavy (non-hydrogen) atoms. The molecule has 0 aliphatic heterocycles. The molecule has 0 saturated heterocycles. The Morgan fingerprint density at radius 1 is 1.16 bits per heavy atom. The summed E-state index contributed by atoms with van der Waals surface area (Å²) < 4.78 is 37.5. The minimum atomic E-state index is -3.41. The lowest BCUT2D eigenvalue weighted by molar-refractivity contribution is 0.0953. The van der Waals surface area contributed by atoms with Gasteiger partial charge in [-0.3, -0.25) is 9.52 Å². The van der Waals surface area contributed by atoms with Gasteiger partial charge in [-0.15, -0.1) is 0 Å². The Hall–Kier alpha value is -2.12. The van der Waals surface area contributed by atoms with Crippen molar-refractivity contribution in [1.29, 1.82) is 0 Å². The average Bonchev–Trinajstić information content (AvgIpc) is 2.51. The monoisotopic (exact) mass is 384 g/mol. The first-order valence-electron chi connectivity index (χ1n) is 7.54. The fourth-order valence-corrected chi connectivity index (χ4v) is 3.04. The van der Waals surface area contributed by atoms with E-state index in [0.29, 0.717) is 25.1 Å². The summed E-state index contributed by atoms with van der Waals surface area (Å²) in [6.45, 7) is 0.440. The number of carbonyl (C=O) groups excluding carboxylic acids is 1. The molecule has 0 fully saturated rings. The number of anilines is 1. The highest BCUT2D eigenvalue weighted by atomic mass is 35.5. The summed E-state index contributed by atoms with van der Waals surface area (Å²) in [6, 6.07) is 10.5. The van der Waals surface area contributed by atoms with E-state index in [9.17, 15) is 17.6 Å². The number of sulfonamides is 1.